The molecule has 80 valence electrons. The van der Waals surface area contributed by atoms with Gasteiger partial charge < -0.3 is 5.73 Å². The molecule has 4 heteroatoms. The Kier molecular flexibility index (Phi) is 3.38. The molecule has 0 bridgehead atoms. The maximum atomic E-state index is 11.7. The molecule has 1 aromatic heterocycles. The van der Waals surface area contributed by atoms with Gasteiger partial charge in [-0.3, -0.25) is 9.48 Å². The molecule has 0 saturated heterocycles. The second kappa shape index (κ2) is 4.35. The lowest BCUT2D eigenvalue weighted by Gasteiger charge is -2.11. The number of nitrogens with zero attached hydrogens (tertiary/aromatic N) is 2. The molecule has 0 aliphatic carbocycles. The van der Waals surface area contributed by atoms with E-state index in [1.807, 2.05) is 18.5 Å². The summed E-state index contributed by atoms with van der Waals surface area (Å²) in [6.07, 6.45) is 1.83. The maximum absolute atomic E-state index is 11.7. The van der Waals surface area contributed by atoms with Crippen molar-refractivity contribution in [2.45, 2.75) is 46.7 Å². The number of nitrogens with two attached hydrogens (primary N) is 1. The van der Waals surface area contributed by atoms with Crippen molar-refractivity contribution in [2.24, 2.45) is 0 Å². The van der Waals surface area contributed by atoms with Gasteiger partial charge in [-0.05, 0) is 19.8 Å². The van der Waals surface area contributed by atoms with Crippen LogP contribution in [-0.4, -0.2) is 9.36 Å². The molecule has 14 heavy (non-hydrogen) atoms. The third-order valence-corrected chi connectivity index (χ3v) is 2.45. The molecule has 0 atom stereocenters. The second-order valence-electron chi connectivity index (χ2n) is 3.36. The Labute approximate surface area is 84.3 Å². The number of hydrogen-bond donors (Lipinski definition) is 1. The summed E-state index contributed by atoms with van der Waals surface area (Å²) >= 11 is 0. The minimum absolute atomic E-state index is 0.0437. The summed E-state index contributed by atoms with van der Waals surface area (Å²) in [6.45, 7) is 7.64. The van der Waals surface area contributed by atoms with Gasteiger partial charge in [0, 0.05) is 13.1 Å². The van der Waals surface area contributed by atoms with Gasteiger partial charge >= 0.3 is 0 Å². The fraction of sp³-hybridized carbons (Fsp3) is 0.700. The standard InChI is InChI=1S/C10H19N3O/c1-4-7-13-8(5-2)9(11)10(14)12(13)6-3/h4-7,11H2,1-3H3. The molecule has 1 rings (SSSR count). The quantitative estimate of drug-likeness (QED) is 0.789. The van der Waals surface area contributed by atoms with E-state index in [2.05, 4.69) is 6.92 Å². The zero-order valence-corrected chi connectivity index (χ0v) is 9.21. The van der Waals surface area contributed by atoms with Gasteiger partial charge in [0.2, 0.25) is 0 Å². The number of aromatic nitrogens is 2. The molecule has 0 saturated carbocycles. The molecule has 0 aliphatic rings. The molecule has 0 unspecified atom stereocenters. The Morgan fingerprint density at radius 1 is 1.21 bits per heavy atom. The van der Waals surface area contributed by atoms with Gasteiger partial charge in [0.1, 0.15) is 5.69 Å². The minimum Gasteiger partial charge on any atom is -0.393 e. The highest BCUT2D eigenvalue weighted by molar-refractivity contribution is 5.41. The van der Waals surface area contributed by atoms with Gasteiger partial charge in [-0.15, -0.1) is 0 Å². The van der Waals surface area contributed by atoms with E-state index in [-0.39, 0.29) is 5.56 Å². The smallest absolute Gasteiger partial charge is 0.290 e. The third kappa shape index (κ3) is 1.56. The molecule has 0 radical (unpaired) electrons. The van der Waals surface area contributed by atoms with Gasteiger partial charge in [0.15, 0.2) is 0 Å². The van der Waals surface area contributed by atoms with Crippen LogP contribution in [0.2, 0.25) is 0 Å². The van der Waals surface area contributed by atoms with Crippen LogP contribution < -0.4 is 11.3 Å². The number of nitrogen functional groups attached to an aromatic ring is 1. The highest BCUT2D eigenvalue weighted by Crippen LogP contribution is 2.09. The van der Waals surface area contributed by atoms with E-state index in [0.29, 0.717) is 12.2 Å². The molecule has 0 aliphatic heterocycles. The molecule has 0 amide bonds. The normalized spacial score (nSPS) is 10.8. The van der Waals surface area contributed by atoms with Crippen molar-refractivity contribution >= 4 is 5.69 Å². The molecular weight excluding hydrogens is 178 g/mol. The van der Waals surface area contributed by atoms with Crippen LogP contribution >= 0.6 is 0 Å². The SMILES string of the molecule is CCCn1c(CC)c(N)c(=O)n1CC. The Hall–Kier alpha value is -1.19. The molecule has 0 spiro atoms. The summed E-state index contributed by atoms with van der Waals surface area (Å²) in [7, 11) is 0. The fourth-order valence-electron chi connectivity index (χ4n) is 1.81. The number of rotatable bonds is 4. The highest BCUT2D eigenvalue weighted by atomic mass is 16.1. The number of anilines is 1. The van der Waals surface area contributed by atoms with E-state index < -0.39 is 0 Å². The summed E-state index contributed by atoms with van der Waals surface area (Å²) in [6, 6.07) is 0. The van der Waals surface area contributed by atoms with E-state index >= 15 is 0 Å². The van der Waals surface area contributed by atoms with Crippen molar-refractivity contribution in [1.82, 2.24) is 9.36 Å². The van der Waals surface area contributed by atoms with Crippen molar-refractivity contribution in [3.8, 4) is 0 Å². The molecule has 0 aromatic carbocycles. The first-order chi connectivity index (χ1) is 6.67. The largest absolute Gasteiger partial charge is 0.393 e. The average Bonchev–Trinajstić information content (AvgIpc) is 2.40. The topological polar surface area (TPSA) is 52.9 Å². The van der Waals surface area contributed by atoms with Crippen LogP contribution in [0.25, 0.3) is 0 Å². The van der Waals surface area contributed by atoms with Gasteiger partial charge in [-0.1, -0.05) is 13.8 Å². The van der Waals surface area contributed by atoms with Crippen LogP contribution in [0.1, 0.15) is 32.9 Å². The van der Waals surface area contributed by atoms with Crippen LogP contribution in [0.3, 0.4) is 0 Å². The van der Waals surface area contributed by atoms with Gasteiger partial charge in [-0.2, -0.15) is 0 Å². The first kappa shape index (κ1) is 10.9. The third-order valence-electron chi connectivity index (χ3n) is 2.45. The zero-order valence-electron chi connectivity index (χ0n) is 9.21. The molecule has 0 fully saturated rings. The number of hydrogen-bond acceptors (Lipinski definition) is 2. The molecular formula is C10H19N3O. The van der Waals surface area contributed by atoms with Crippen LogP contribution in [0, 0.1) is 0 Å². The molecule has 2 N–H and O–H groups in total. The summed E-state index contributed by atoms with van der Waals surface area (Å²) in [5.74, 6) is 0. The van der Waals surface area contributed by atoms with E-state index in [0.717, 1.165) is 25.1 Å². The fourth-order valence-corrected chi connectivity index (χ4v) is 1.81. The minimum atomic E-state index is -0.0437. The van der Waals surface area contributed by atoms with E-state index in [9.17, 15) is 4.79 Å². The predicted octanol–water partition coefficient (Wildman–Crippen LogP) is 1.22. The van der Waals surface area contributed by atoms with Crippen molar-refractivity contribution in [3.63, 3.8) is 0 Å². The summed E-state index contributed by atoms with van der Waals surface area (Å²) in [4.78, 5) is 11.7. The van der Waals surface area contributed by atoms with Crippen molar-refractivity contribution < 1.29 is 0 Å². The van der Waals surface area contributed by atoms with Crippen LogP contribution in [0.15, 0.2) is 4.79 Å². The second-order valence-corrected chi connectivity index (χ2v) is 3.36. The van der Waals surface area contributed by atoms with Gasteiger partial charge in [0.25, 0.3) is 5.56 Å². The van der Waals surface area contributed by atoms with Crippen molar-refractivity contribution in [3.05, 3.63) is 16.0 Å². The summed E-state index contributed by atoms with van der Waals surface area (Å²) < 4.78 is 3.73. The van der Waals surface area contributed by atoms with E-state index in [4.69, 9.17) is 5.73 Å². The Morgan fingerprint density at radius 2 is 1.86 bits per heavy atom. The van der Waals surface area contributed by atoms with Crippen LogP contribution in [0.4, 0.5) is 5.69 Å². The van der Waals surface area contributed by atoms with Crippen LogP contribution in [0.5, 0.6) is 0 Å². The van der Waals surface area contributed by atoms with Crippen LogP contribution in [-0.2, 0) is 19.5 Å². The molecule has 1 heterocycles. The van der Waals surface area contributed by atoms with Crippen molar-refractivity contribution in [2.75, 3.05) is 5.73 Å². The predicted molar refractivity (Wildman–Crippen MR) is 58.4 cm³/mol. The average molecular weight is 197 g/mol. The lowest BCUT2D eigenvalue weighted by Crippen LogP contribution is -2.23. The Balaban J connectivity index is 3.33. The van der Waals surface area contributed by atoms with E-state index in [1.165, 1.54) is 0 Å². The monoisotopic (exact) mass is 197 g/mol. The Bertz CT molecular complexity index is 362. The Morgan fingerprint density at radius 3 is 2.29 bits per heavy atom. The molecule has 1 aromatic rings. The first-order valence-electron chi connectivity index (χ1n) is 5.25. The zero-order chi connectivity index (χ0) is 10.7. The van der Waals surface area contributed by atoms with Gasteiger partial charge in [0.05, 0.1) is 5.69 Å². The molecule has 4 nitrogen and oxygen atoms in total. The van der Waals surface area contributed by atoms with E-state index in [1.54, 1.807) is 4.68 Å². The lowest BCUT2D eigenvalue weighted by molar-refractivity contribution is 0.442. The maximum Gasteiger partial charge on any atom is 0.290 e. The first-order valence-corrected chi connectivity index (χ1v) is 5.25. The summed E-state index contributed by atoms with van der Waals surface area (Å²) in [5, 5.41) is 0. The van der Waals surface area contributed by atoms with Crippen molar-refractivity contribution in [1.29, 1.82) is 0 Å². The highest BCUT2D eigenvalue weighted by Gasteiger charge is 2.13. The van der Waals surface area contributed by atoms with Gasteiger partial charge in [-0.25, -0.2) is 4.68 Å². The summed E-state index contributed by atoms with van der Waals surface area (Å²) in [5.41, 5.74) is 7.11. The lowest BCUT2D eigenvalue weighted by atomic mass is 10.3.